The second-order valence-electron chi connectivity index (χ2n) is 3.95. The smallest absolute Gasteiger partial charge is 0.337 e. The standard InChI is InChI=1S/C13H13ClN2O2S/c1-8-5-9(12(17)18-2)3-4-11(8)15-6-10-7-16-13(14)19-10/h3-5,7,15H,6H2,1-2H3. The van der Waals surface area contributed by atoms with Crippen molar-refractivity contribution in [2.75, 3.05) is 12.4 Å². The van der Waals surface area contributed by atoms with E-state index in [4.69, 9.17) is 11.6 Å². The molecule has 4 nitrogen and oxygen atoms in total. The van der Waals surface area contributed by atoms with E-state index in [0.717, 1.165) is 16.1 Å². The Morgan fingerprint density at radius 3 is 2.89 bits per heavy atom. The highest BCUT2D eigenvalue weighted by atomic mass is 35.5. The molecule has 1 heterocycles. The second-order valence-corrected chi connectivity index (χ2v) is 5.65. The number of hydrogen-bond acceptors (Lipinski definition) is 5. The number of hydrogen-bond donors (Lipinski definition) is 1. The summed E-state index contributed by atoms with van der Waals surface area (Å²) in [5.41, 5.74) is 2.50. The lowest BCUT2D eigenvalue weighted by Gasteiger charge is -2.09. The number of methoxy groups -OCH3 is 1. The highest BCUT2D eigenvalue weighted by molar-refractivity contribution is 7.15. The Hall–Kier alpha value is -1.59. The van der Waals surface area contributed by atoms with E-state index >= 15 is 0 Å². The summed E-state index contributed by atoms with van der Waals surface area (Å²) in [7, 11) is 1.37. The van der Waals surface area contributed by atoms with Crippen LogP contribution in [-0.2, 0) is 11.3 Å². The molecule has 2 rings (SSSR count). The van der Waals surface area contributed by atoms with Crippen LogP contribution < -0.4 is 5.32 Å². The number of nitrogens with zero attached hydrogens (tertiary/aromatic N) is 1. The average molecular weight is 297 g/mol. The predicted octanol–water partition coefficient (Wildman–Crippen LogP) is 3.50. The Morgan fingerprint density at radius 1 is 1.53 bits per heavy atom. The summed E-state index contributed by atoms with van der Waals surface area (Å²) in [5.74, 6) is -0.330. The molecule has 6 heteroatoms. The first-order valence-corrected chi connectivity index (χ1v) is 6.82. The van der Waals surface area contributed by atoms with E-state index in [1.165, 1.54) is 18.4 Å². The molecule has 0 aliphatic rings. The molecule has 19 heavy (non-hydrogen) atoms. The summed E-state index contributed by atoms with van der Waals surface area (Å²) in [6, 6.07) is 5.40. The Labute approximate surface area is 120 Å². The Balaban J connectivity index is 2.07. The molecule has 1 aromatic heterocycles. The van der Waals surface area contributed by atoms with Crippen LogP contribution in [0.4, 0.5) is 5.69 Å². The van der Waals surface area contributed by atoms with Gasteiger partial charge in [-0.15, -0.1) is 11.3 Å². The van der Waals surface area contributed by atoms with Gasteiger partial charge >= 0.3 is 5.97 Å². The number of thiazole rings is 1. The molecule has 0 radical (unpaired) electrons. The average Bonchev–Trinajstić information content (AvgIpc) is 2.82. The number of carbonyl (C=O) groups excluding carboxylic acids is 1. The Morgan fingerprint density at radius 2 is 2.32 bits per heavy atom. The Kier molecular flexibility index (Phi) is 4.39. The first-order chi connectivity index (χ1) is 9.10. The van der Waals surface area contributed by atoms with Gasteiger partial charge in [0.1, 0.15) is 0 Å². The third-order valence-electron chi connectivity index (χ3n) is 2.63. The number of ether oxygens (including phenoxy) is 1. The molecule has 0 aliphatic heterocycles. The van der Waals surface area contributed by atoms with Crippen LogP contribution in [0, 0.1) is 6.92 Å². The number of nitrogens with one attached hydrogen (secondary N) is 1. The highest BCUT2D eigenvalue weighted by Crippen LogP contribution is 2.21. The number of carbonyl (C=O) groups is 1. The normalized spacial score (nSPS) is 10.3. The molecule has 0 amide bonds. The second kappa shape index (κ2) is 6.04. The van der Waals surface area contributed by atoms with Crippen molar-refractivity contribution in [2.24, 2.45) is 0 Å². The van der Waals surface area contributed by atoms with E-state index in [0.29, 0.717) is 16.6 Å². The number of halogens is 1. The van der Waals surface area contributed by atoms with Gasteiger partial charge in [-0.3, -0.25) is 0 Å². The van der Waals surface area contributed by atoms with Crippen molar-refractivity contribution in [2.45, 2.75) is 13.5 Å². The molecule has 0 aliphatic carbocycles. The van der Waals surface area contributed by atoms with Crippen LogP contribution in [0.3, 0.4) is 0 Å². The van der Waals surface area contributed by atoms with Crippen LogP contribution in [0.15, 0.2) is 24.4 Å². The largest absolute Gasteiger partial charge is 0.465 e. The summed E-state index contributed by atoms with van der Waals surface area (Å²) in [5, 5.41) is 3.29. The number of rotatable bonds is 4. The van der Waals surface area contributed by atoms with Crippen LogP contribution in [0.2, 0.25) is 4.47 Å². The lowest BCUT2D eigenvalue weighted by atomic mass is 10.1. The van der Waals surface area contributed by atoms with E-state index in [1.807, 2.05) is 13.0 Å². The first kappa shape index (κ1) is 13.8. The summed E-state index contributed by atoms with van der Waals surface area (Å²) in [6.07, 6.45) is 1.75. The minimum atomic E-state index is -0.330. The lowest BCUT2D eigenvalue weighted by molar-refractivity contribution is 0.0600. The quantitative estimate of drug-likeness (QED) is 0.877. The van der Waals surface area contributed by atoms with Crippen molar-refractivity contribution in [1.29, 1.82) is 0 Å². The van der Waals surface area contributed by atoms with Crippen molar-refractivity contribution >= 4 is 34.6 Å². The SMILES string of the molecule is COC(=O)c1ccc(NCc2cnc(Cl)s2)c(C)c1. The molecule has 0 fully saturated rings. The van der Waals surface area contributed by atoms with Crippen LogP contribution >= 0.6 is 22.9 Å². The van der Waals surface area contributed by atoms with Gasteiger partial charge in [0.15, 0.2) is 4.47 Å². The van der Waals surface area contributed by atoms with Crippen molar-refractivity contribution in [3.63, 3.8) is 0 Å². The first-order valence-electron chi connectivity index (χ1n) is 5.63. The fraction of sp³-hybridized carbons (Fsp3) is 0.231. The molecule has 2 aromatic rings. The number of aryl methyl sites for hydroxylation is 1. The number of esters is 1. The van der Waals surface area contributed by atoms with Crippen LogP contribution in [0.1, 0.15) is 20.8 Å². The molecule has 0 saturated heterocycles. The maximum Gasteiger partial charge on any atom is 0.337 e. The number of benzene rings is 1. The van der Waals surface area contributed by atoms with Gasteiger partial charge in [-0.1, -0.05) is 11.6 Å². The van der Waals surface area contributed by atoms with Gasteiger partial charge in [0.2, 0.25) is 0 Å². The van der Waals surface area contributed by atoms with E-state index in [1.54, 1.807) is 18.3 Å². The van der Waals surface area contributed by atoms with E-state index in [9.17, 15) is 4.79 Å². The zero-order chi connectivity index (χ0) is 13.8. The van der Waals surface area contributed by atoms with Crippen molar-refractivity contribution in [1.82, 2.24) is 4.98 Å². The molecule has 0 bridgehead atoms. The third-order valence-corrected chi connectivity index (χ3v) is 3.74. The summed E-state index contributed by atoms with van der Waals surface area (Å²) >= 11 is 7.22. The van der Waals surface area contributed by atoms with Crippen molar-refractivity contribution < 1.29 is 9.53 Å². The maximum absolute atomic E-state index is 11.4. The van der Waals surface area contributed by atoms with Gasteiger partial charge in [0.25, 0.3) is 0 Å². The minimum Gasteiger partial charge on any atom is -0.465 e. The molecule has 1 aromatic carbocycles. The van der Waals surface area contributed by atoms with Gasteiger partial charge in [-0.25, -0.2) is 9.78 Å². The number of aromatic nitrogens is 1. The van der Waals surface area contributed by atoms with Gasteiger partial charge in [0.05, 0.1) is 19.2 Å². The zero-order valence-electron chi connectivity index (χ0n) is 10.6. The molecule has 0 spiro atoms. The van der Waals surface area contributed by atoms with Crippen LogP contribution in [0.5, 0.6) is 0 Å². The highest BCUT2D eigenvalue weighted by Gasteiger charge is 2.07. The van der Waals surface area contributed by atoms with Gasteiger partial charge in [0, 0.05) is 16.8 Å². The maximum atomic E-state index is 11.4. The minimum absolute atomic E-state index is 0.330. The van der Waals surface area contributed by atoms with Gasteiger partial charge < -0.3 is 10.1 Å². The fourth-order valence-electron chi connectivity index (χ4n) is 1.65. The Bertz CT molecular complexity index is 598. The summed E-state index contributed by atoms with van der Waals surface area (Å²) < 4.78 is 5.22. The monoisotopic (exact) mass is 296 g/mol. The molecule has 1 N–H and O–H groups in total. The molecule has 0 saturated carbocycles. The van der Waals surface area contributed by atoms with Crippen molar-refractivity contribution in [3.05, 3.63) is 44.9 Å². The van der Waals surface area contributed by atoms with Gasteiger partial charge in [-0.2, -0.15) is 0 Å². The summed E-state index contributed by atoms with van der Waals surface area (Å²) in [6.45, 7) is 2.59. The third kappa shape index (κ3) is 3.45. The molecule has 0 unspecified atom stereocenters. The van der Waals surface area contributed by atoms with E-state index in [-0.39, 0.29) is 5.97 Å². The van der Waals surface area contributed by atoms with Crippen molar-refractivity contribution in [3.8, 4) is 0 Å². The topological polar surface area (TPSA) is 51.2 Å². The zero-order valence-corrected chi connectivity index (χ0v) is 12.1. The molecular formula is C13H13ClN2O2S. The predicted molar refractivity (Wildman–Crippen MR) is 77.0 cm³/mol. The lowest BCUT2D eigenvalue weighted by Crippen LogP contribution is -2.04. The number of anilines is 1. The van der Waals surface area contributed by atoms with Crippen LogP contribution in [-0.4, -0.2) is 18.1 Å². The van der Waals surface area contributed by atoms with Gasteiger partial charge in [-0.05, 0) is 30.7 Å². The van der Waals surface area contributed by atoms with Crippen LogP contribution in [0.25, 0.3) is 0 Å². The summed E-state index contributed by atoms with van der Waals surface area (Å²) in [4.78, 5) is 16.4. The molecular weight excluding hydrogens is 284 g/mol. The van der Waals surface area contributed by atoms with E-state index < -0.39 is 0 Å². The van der Waals surface area contributed by atoms with E-state index in [2.05, 4.69) is 15.0 Å². The molecule has 100 valence electrons. The fourth-order valence-corrected chi connectivity index (χ4v) is 2.57. The molecule has 0 atom stereocenters.